The average molecular weight is 309 g/mol. The summed E-state index contributed by atoms with van der Waals surface area (Å²) in [4.78, 5) is 0. The van der Waals surface area contributed by atoms with Crippen molar-refractivity contribution in [1.82, 2.24) is 15.0 Å². The summed E-state index contributed by atoms with van der Waals surface area (Å²) < 4.78 is 14.9. The predicted molar refractivity (Wildman–Crippen MR) is 87.3 cm³/mol. The number of aliphatic hydroxyl groups excluding tert-OH is 1. The maximum Gasteiger partial charge on any atom is 0.125 e. The lowest BCUT2D eigenvalue weighted by atomic mass is 10.1. The first-order valence-corrected chi connectivity index (χ1v) is 7.23. The maximum absolute atomic E-state index is 13.4. The molecule has 116 valence electrons. The van der Waals surface area contributed by atoms with Gasteiger partial charge in [0.15, 0.2) is 0 Å². The number of benzene rings is 2. The first-order valence-electron chi connectivity index (χ1n) is 7.23. The van der Waals surface area contributed by atoms with Gasteiger partial charge in [0.25, 0.3) is 0 Å². The summed E-state index contributed by atoms with van der Waals surface area (Å²) in [6.07, 6.45) is 3.73. The number of halogens is 1. The van der Waals surface area contributed by atoms with Crippen molar-refractivity contribution >= 4 is 12.2 Å². The number of aromatic nitrogens is 3. The zero-order valence-corrected chi connectivity index (χ0v) is 12.6. The van der Waals surface area contributed by atoms with E-state index in [1.165, 1.54) is 22.4 Å². The van der Waals surface area contributed by atoms with Crippen molar-refractivity contribution in [3.8, 4) is 5.69 Å². The molecule has 0 atom stereocenters. The Morgan fingerprint density at radius 1 is 1.13 bits per heavy atom. The summed E-state index contributed by atoms with van der Waals surface area (Å²) in [5, 5.41) is 17.4. The van der Waals surface area contributed by atoms with Crippen LogP contribution >= 0.6 is 0 Å². The molecule has 1 N–H and O–H groups in total. The number of hydrogen-bond donors (Lipinski definition) is 1. The van der Waals surface area contributed by atoms with E-state index >= 15 is 0 Å². The first-order chi connectivity index (χ1) is 11.2. The third-order valence-corrected chi connectivity index (χ3v) is 3.49. The van der Waals surface area contributed by atoms with Gasteiger partial charge in [0, 0.05) is 0 Å². The molecular formula is C18H16FN3O. The standard InChI is InChI=1S/C18H16FN3O/c1-13-5-7-14(8-6-13)9-10-18-17(12-23)20-21-22(18)16-4-2-3-15(19)11-16/h2-11,23H,12H2,1H3/b10-9+. The van der Waals surface area contributed by atoms with E-state index < -0.39 is 0 Å². The highest BCUT2D eigenvalue weighted by Gasteiger charge is 2.11. The molecule has 4 nitrogen and oxygen atoms in total. The van der Waals surface area contributed by atoms with Crippen molar-refractivity contribution in [3.05, 3.63) is 76.9 Å². The SMILES string of the molecule is Cc1ccc(/C=C/c2c(CO)nnn2-c2cccc(F)c2)cc1. The van der Waals surface area contributed by atoms with Crippen LogP contribution in [0.2, 0.25) is 0 Å². The molecule has 0 bridgehead atoms. The van der Waals surface area contributed by atoms with Crippen LogP contribution in [-0.2, 0) is 6.61 Å². The Balaban J connectivity index is 2.00. The van der Waals surface area contributed by atoms with E-state index in [0.717, 1.165) is 5.56 Å². The topological polar surface area (TPSA) is 50.9 Å². The van der Waals surface area contributed by atoms with E-state index in [4.69, 9.17) is 0 Å². The van der Waals surface area contributed by atoms with Crippen molar-refractivity contribution in [1.29, 1.82) is 0 Å². The third kappa shape index (κ3) is 3.35. The van der Waals surface area contributed by atoms with E-state index in [-0.39, 0.29) is 12.4 Å². The Morgan fingerprint density at radius 2 is 1.91 bits per heavy atom. The summed E-state index contributed by atoms with van der Waals surface area (Å²) in [5.41, 5.74) is 3.83. The van der Waals surface area contributed by atoms with Gasteiger partial charge in [-0.15, -0.1) is 5.10 Å². The molecule has 0 spiro atoms. The average Bonchev–Trinajstić information content (AvgIpc) is 2.97. The van der Waals surface area contributed by atoms with E-state index in [9.17, 15) is 9.50 Å². The fourth-order valence-electron chi connectivity index (χ4n) is 2.25. The molecule has 3 aromatic rings. The summed E-state index contributed by atoms with van der Waals surface area (Å²) in [7, 11) is 0. The zero-order valence-electron chi connectivity index (χ0n) is 12.6. The van der Waals surface area contributed by atoms with Gasteiger partial charge in [0.05, 0.1) is 18.0 Å². The van der Waals surface area contributed by atoms with Gasteiger partial charge >= 0.3 is 0 Å². The quantitative estimate of drug-likeness (QED) is 0.804. The summed E-state index contributed by atoms with van der Waals surface area (Å²) in [5.74, 6) is -0.350. The monoisotopic (exact) mass is 309 g/mol. The normalized spacial score (nSPS) is 11.3. The highest BCUT2D eigenvalue weighted by Crippen LogP contribution is 2.17. The third-order valence-electron chi connectivity index (χ3n) is 3.49. The van der Waals surface area contributed by atoms with Crippen LogP contribution in [0.5, 0.6) is 0 Å². The van der Waals surface area contributed by atoms with Gasteiger partial charge in [-0.05, 0) is 36.8 Å². The van der Waals surface area contributed by atoms with Crippen molar-refractivity contribution in [2.45, 2.75) is 13.5 Å². The Morgan fingerprint density at radius 3 is 2.61 bits per heavy atom. The van der Waals surface area contributed by atoms with Crippen LogP contribution in [0, 0.1) is 12.7 Å². The van der Waals surface area contributed by atoms with Crippen molar-refractivity contribution in [3.63, 3.8) is 0 Å². The molecule has 0 fully saturated rings. The number of aryl methyl sites for hydroxylation is 1. The van der Waals surface area contributed by atoms with Crippen molar-refractivity contribution in [2.75, 3.05) is 0 Å². The second kappa shape index (κ2) is 6.54. The Labute approximate surface area is 133 Å². The van der Waals surface area contributed by atoms with Gasteiger partial charge in [-0.2, -0.15) is 0 Å². The molecule has 0 aliphatic rings. The van der Waals surface area contributed by atoms with Crippen LogP contribution in [0.1, 0.15) is 22.5 Å². The predicted octanol–water partition coefficient (Wildman–Crippen LogP) is 3.38. The van der Waals surface area contributed by atoms with Crippen LogP contribution in [0.25, 0.3) is 17.8 Å². The minimum Gasteiger partial charge on any atom is -0.390 e. The number of hydrogen-bond acceptors (Lipinski definition) is 3. The highest BCUT2D eigenvalue weighted by atomic mass is 19.1. The highest BCUT2D eigenvalue weighted by molar-refractivity contribution is 5.69. The van der Waals surface area contributed by atoms with E-state index in [1.54, 1.807) is 12.1 Å². The zero-order chi connectivity index (χ0) is 16.2. The van der Waals surface area contributed by atoms with Crippen LogP contribution < -0.4 is 0 Å². The Hall–Kier alpha value is -2.79. The molecule has 0 radical (unpaired) electrons. The van der Waals surface area contributed by atoms with Crippen molar-refractivity contribution < 1.29 is 9.50 Å². The minimum atomic E-state index is -0.350. The van der Waals surface area contributed by atoms with Gasteiger partial charge in [-0.25, -0.2) is 9.07 Å². The van der Waals surface area contributed by atoms with Crippen LogP contribution in [0.4, 0.5) is 4.39 Å². The molecule has 1 heterocycles. The molecule has 3 rings (SSSR count). The molecule has 2 aromatic carbocycles. The molecule has 23 heavy (non-hydrogen) atoms. The first kappa shape index (κ1) is 15.1. The molecule has 0 saturated carbocycles. The Kier molecular flexibility index (Phi) is 4.30. The fourth-order valence-corrected chi connectivity index (χ4v) is 2.25. The molecule has 1 aromatic heterocycles. The fraction of sp³-hybridized carbons (Fsp3) is 0.111. The lowest BCUT2D eigenvalue weighted by Gasteiger charge is -2.04. The molecular weight excluding hydrogens is 293 g/mol. The van der Waals surface area contributed by atoms with Crippen LogP contribution in [0.15, 0.2) is 48.5 Å². The smallest absolute Gasteiger partial charge is 0.125 e. The van der Waals surface area contributed by atoms with Crippen LogP contribution in [-0.4, -0.2) is 20.1 Å². The molecule has 0 saturated heterocycles. The van der Waals surface area contributed by atoms with Gasteiger partial charge in [0.1, 0.15) is 11.5 Å². The van der Waals surface area contributed by atoms with Gasteiger partial charge < -0.3 is 5.11 Å². The number of aliphatic hydroxyl groups is 1. The van der Waals surface area contributed by atoms with Gasteiger partial charge in [0.2, 0.25) is 0 Å². The van der Waals surface area contributed by atoms with Gasteiger partial charge in [-0.1, -0.05) is 47.2 Å². The van der Waals surface area contributed by atoms with E-state index in [2.05, 4.69) is 10.3 Å². The summed E-state index contributed by atoms with van der Waals surface area (Å²) in [6.45, 7) is 1.79. The molecule has 0 unspecified atom stereocenters. The van der Waals surface area contributed by atoms with Gasteiger partial charge in [-0.3, -0.25) is 0 Å². The lowest BCUT2D eigenvalue weighted by Crippen LogP contribution is -2.00. The minimum absolute atomic E-state index is 0.233. The van der Waals surface area contributed by atoms with E-state index in [1.807, 2.05) is 43.3 Å². The van der Waals surface area contributed by atoms with Crippen molar-refractivity contribution in [2.24, 2.45) is 0 Å². The second-order valence-electron chi connectivity index (χ2n) is 5.22. The number of rotatable bonds is 4. The summed E-state index contributed by atoms with van der Waals surface area (Å²) >= 11 is 0. The lowest BCUT2D eigenvalue weighted by molar-refractivity contribution is 0.276. The number of nitrogens with zero attached hydrogens (tertiary/aromatic N) is 3. The molecule has 0 aliphatic carbocycles. The Bertz CT molecular complexity index is 838. The molecule has 0 aliphatic heterocycles. The largest absolute Gasteiger partial charge is 0.390 e. The van der Waals surface area contributed by atoms with E-state index in [0.29, 0.717) is 17.1 Å². The van der Waals surface area contributed by atoms with Crippen LogP contribution in [0.3, 0.4) is 0 Å². The summed E-state index contributed by atoms with van der Waals surface area (Å²) in [6, 6.07) is 14.1. The second-order valence-corrected chi connectivity index (χ2v) is 5.22. The molecule has 0 amide bonds. The molecule has 5 heteroatoms. The maximum atomic E-state index is 13.4.